The molecule has 0 unspecified atom stereocenters. The highest BCUT2D eigenvalue weighted by atomic mass is 19.1. The van der Waals surface area contributed by atoms with Crippen molar-refractivity contribution in [3.05, 3.63) is 78.1 Å². The number of aryl methyl sites for hydroxylation is 1. The number of rotatable bonds is 2. The second-order valence-corrected chi connectivity index (χ2v) is 5.79. The maximum Gasteiger partial charge on any atom is 0.126 e. The predicted molar refractivity (Wildman–Crippen MR) is 91.6 cm³/mol. The zero-order chi connectivity index (χ0) is 16.7. The van der Waals surface area contributed by atoms with E-state index >= 15 is 0 Å². The smallest absolute Gasteiger partial charge is 0.126 e. The first-order valence-electron chi connectivity index (χ1n) is 7.62. The molecule has 4 heteroatoms. The summed E-state index contributed by atoms with van der Waals surface area (Å²) in [4.78, 5) is 7.62. The average molecular weight is 320 g/mol. The number of nitrogens with zero attached hydrogens (tertiary/aromatic N) is 1. The van der Waals surface area contributed by atoms with Crippen LogP contribution >= 0.6 is 0 Å². The van der Waals surface area contributed by atoms with Crippen molar-refractivity contribution in [2.75, 3.05) is 0 Å². The highest BCUT2D eigenvalue weighted by Gasteiger charge is 2.06. The summed E-state index contributed by atoms with van der Waals surface area (Å²) in [7, 11) is 0. The highest BCUT2D eigenvalue weighted by Crippen LogP contribution is 2.27. The summed E-state index contributed by atoms with van der Waals surface area (Å²) in [5.41, 5.74) is 5.31. The lowest BCUT2D eigenvalue weighted by molar-refractivity contribution is 0.584. The van der Waals surface area contributed by atoms with Crippen molar-refractivity contribution < 1.29 is 8.78 Å². The fraction of sp³-hybridized carbons (Fsp3) is 0.0500. The van der Waals surface area contributed by atoms with Gasteiger partial charge in [0.2, 0.25) is 0 Å². The first kappa shape index (κ1) is 14.6. The standard InChI is InChI=1S/C20H14F2N2/c1-12-23-19-7-6-15(10-20(19)24-12)13-2-4-14(5-3-13)16-8-17(21)11-18(22)9-16/h2-11H,1H3,(H,23,24). The molecule has 0 aliphatic carbocycles. The van der Waals surface area contributed by atoms with Gasteiger partial charge in [-0.1, -0.05) is 30.3 Å². The number of aromatic amines is 1. The van der Waals surface area contributed by atoms with E-state index in [0.29, 0.717) is 5.56 Å². The minimum atomic E-state index is -0.575. The zero-order valence-electron chi connectivity index (χ0n) is 13.0. The lowest BCUT2D eigenvalue weighted by atomic mass is 10.00. The molecule has 0 spiro atoms. The van der Waals surface area contributed by atoms with Gasteiger partial charge in [-0.2, -0.15) is 0 Å². The molecule has 0 aliphatic rings. The number of halogens is 2. The summed E-state index contributed by atoms with van der Waals surface area (Å²) in [6, 6.07) is 17.2. The van der Waals surface area contributed by atoms with Gasteiger partial charge >= 0.3 is 0 Å². The molecule has 0 bridgehead atoms. The van der Waals surface area contributed by atoms with Crippen LogP contribution in [0.4, 0.5) is 8.78 Å². The summed E-state index contributed by atoms with van der Waals surface area (Å²) >= 11 is 0. The third-order valence-corrected chi connectivity index (χ3v) is 4.01. The number of benzene rings is 3. The zero-order valence-corrected chi connectivity index (χ0v) is 13.0. The second kappa shape index (κ2) is 5.57. The van der Waals surface area contributed by atoms with Gasteiger partial charge in [0.15, 0.2) is 0 Å². The van der Waals surface area contributed by atoms with Gasteiger partial charge in [0.25, 0.3) is 0 Å². The molecule has 1 heterocycles. The SMILES string of the molecule is Cc1nc2ccc(-c3ccc(-c4cc(F)cc(F)c4)cc3)cc2[nH]1. The van der Waals surface area contributed by atoms with Crippen LogP contribution in [0.25, 0.3) is 33.3 Å². The number of aromatic nitrogens is 2. The van der Waals surface area contributed by atoms with Crippen molar-refractivity contribution in [2.24, 2.45) is 0 Å². The number of nitrogens with one attached hydrogen (secondary N) is 1. The normalized spacial score (nSPS) is 11.1. The topological polar surface area (TPSA) is 28.7 Å². The molecule has 0 radical (unpaired) electrons. The minimum absolute atomic E-state index is 0.527. The first-order valence-corrected chi connectivity index (χ1v) is 7.62. The van der Waals surface area contributed by atoms with E-state index in [9.17, 15) is 8.78 Å². The fourth-order valence-electron chi connectivity index (χ4n) is 2.89. The van der Waals surface area contributed by atoms with Crippen LogP contribution in [-0.4, -0.2) is 9.97 Å². The highest BCUT2D eigenvalue weighted by molar-refractivity contribution is 5.82. The molecule has 0 fully saturated rings. The van der Waals surface area contributed by atoms with Gasteiger partial charge in [0.05, 0.1) is 11.0 Å². The van der Waals surface area contributed by atoms with Gasteiger partial charge < -0.3 is 4.98 Å². The summed E-state index contributed by atoms with van der Waals surface area (Å²) in [6.45, 7) is 1.92. The lowest BCUT2D eigenvalue weighted by Gasteiger charge is -2.06. The molecular weight excluding hydrogens is 306 g/mol. The molecule has 0 saturated heterocycles. The van der Waals surface area contributed by atoms with Crippen LogP contribution in [0, 0.1) is 18.6 Å². The van der Waals surface area contributed by atoms with Crippen molar-refractivity contribution in [2.45, 2.75) is 6.92 Å². The molecule has 0 amide bonds. The molecule has 0 saturated carbocycles. The molecule has 24 heavy (non-hydrogen) atoms. The fourth-order valence-corrected chi connectivity index (χ4v) is 2.89. The Morgan fingerprint density at radius 3 is 1.96 bits per heavy atom. The van der Waals surface area contributed by atoms with Crippen molar-refractivity contribution in [1.82, 2.24) is 9.97 Å². The predicted octanol–water partition coefficient (Wildman–Crippen LogP) is 5.48. The van der Waals surface area contributed by atoms with Gasteiger partial charge in [0, 0.05) is 6.07 Å². The van der Waals surface area contributed by atoms with Crippen LogP contribution in [0.15, 0.2) is 60.7 Å². The lowest BCUT2D eigenvalue weighted by Crippen LogP contribution is -1.85. The molecule has 118 valence electrons. The summed E-state index contributed by atoms with van der Waals surface area (Å²) in [5.74, 6) is -0.270. The molecule has 4 rings (SSSR count). The van der Waals surface area contributed by atoms with Crippen LogP contribution in [0.5, 0.6) is 0 Å². The summed E-state index contributed by atoms with van der Waals surface area (Å²) in [5, 5.41) is 0. The van der Waals surface area contributed by atoms with E-state index in [4.69, 9.17) is 0 Å². The Morgan fingerprint density at radius 1 is 0.708 bits per heavy atom. The van der Waals surface area contributed by atoms with Crippen LogP contribution in [0.2, 0.25) is 0 Å². The monoisotopic (exact) mass is 320 g/mol. The molecular formula is C20H14F2N2. The number of hydrogen-bond donors (Lipinski definition) is 1. The summed E-state index contributed by atoms with van der Waals surface area (Å²) < 4.78 is 26.7. The number of hydrogen-bond acceptors (Lipinski definition) is 1. The van der Waals surface area contributed by atoms with E-state index in [1.54, 1.807) is 0 Å². The van der Waals surface area contributed by atoms with Crippen LogP contribution in [0.3, 0.4) is 0 Å². The van der Waals surface area contributed by atoms with Gasteiger partial charge in [0.1, 0.15) is 17.5 Å². The Hall–Kier alpha value is -3.01. The Balaban J connectivity index is 1.71. The molecule has 3 aromatic carbocycles. The van der Waals surface area contributed by atoms with E-state index in [-0.39, 0.29) is 0 Å². The number of imidazole rings is 1. The van der Waals surface area contributed by atoms with Crippen molar-refractivity contribution >= 4 is 11.0 Å². The van der Waals surface area contributed by atoms with E-state index in [2.05, 4.69) is 9.97 Å². The second-order valence-electron chi connectivity index (χ2n) is 5.79. The Kier molecular flexibility index (Phi) is 3.38. The maximum absolute atomic E-state index is 13.4. The summed E-state index contributed by atoms with van der Waals surface area (Å²) in [6.07, 6.45) is 0. The Bertz CT molecular complexity index is 1010. The van der Waals surface area contributed by atoms with Gasteiger partial charge in [-0.3, -0.25) is 0 Å². The van der Waals surface area contributed by atoms with Crippen LogP contribution in [-0.2, 0) is 0 Å². The number of H-pyrrole nitrogens is 1. The first-order chi connectivity index (χ1) is 11.6. The third-order valence-electron chi connectivity index (χ3n) is 4.01. The molecule has 0 atom stereocenters. The Morgan fingerprint density at radius 2 is 1.29 bits per heavy atom. The van der Waals surface area contributed by atoms with Gasteiger partial charge in [-0.15, -0.1) is 0 Å². The van der Waals surface area contributed by atoms with E-state index in [1.807, 2.05) is 49.4 Å². The van der Waals surface area contributed by atoms with E-state index < -0.39 is 11.6 Å². The molecule has 1 aromatic heterocycles. The van der Waals surface area contributed by atoms with Crippen LogP contribution < -0.4 is 0 Å². The van der Waals surface area contributed by atoms with Gasteiger partial charge in [-0.25, -0.2) is 13.8 Å². The Labute approximate surface area is 137 Å². The molecule has 1 N–H and O–H groups in total. The molecule has 4 aromatic rings. The van der Waals surface area contributed by atoms with Crippen LogP contribution in [0.1, 0.15) is 5.82 Å². The quantitative estimate of drug-likeness (QED) is 0.520. The number of fused-ring (bicyclic) bond motifs is 1. The van der Waals surface area contributed by atoms with Crippen molar-refractivity contribution in [3.63, 3.8) is 0 Å². The van der Waals surface area contributed by atoms with Crippen molar-refractivity contribution in [1.29, 1.82) is 0 Å². The van der Waals surface area contributed by atoms with E-state index in [0.717, 1.165) is 39.6 Å². The minimum Gasteiger partial charge on any atom is -0.342 e. The third kappa shape index (κ3) is 2.67. The molecule has 2 nitrogen and oxygen atoms in total. The molecule has 0 aliphatic heterocycles. The average Bonchev–Trinajstić information content (AvgIpc) is 2.93. The maximum atomic E-state index is 13.4. The largest absolute Gasteiger partial charge is 0.342 e. The van der Waals surface area contributed by atoms with E-state index in [1.165, 1.54) is 12.1 Å². The van der Waals surface area contributed by atoms with Gasteiger partial charge in [-0.05, 0) is 53.4 Å². The van der Waals surface area contributed by atoms with Crippen molar-refractivity contribution in [3.8, 4) is 22.3 Å².